The highest BCUT2D eigenvalue weighted by molar-refractivity contribution is 5.84. The fourth-order valence-electron chi connectivity index (χ4n) is 1.56. The summed E-state index contributed by atoms with van der Waals surface area (Å²) in [4.78, 5) is 22.5. The second-order valence-electron chi connectivity index (χ2n) is 5.06. The summed E-state index contributed by atoms with van der Waals surface area (Å²) in [6.07, 6.45) is 1.79. The summed E-state index contributed by atoms with van der Waals surface area (Å²) in [6, 6.07) is 0. The first-order valence-electron chi connectivity index (χ1n) is 5.71. The van der Waals surface area contributed by atoms with Crippen molar-refractivity contribution >= 4 is 11.9 Å². The van der Waals surface area contributed by atoms with E-state index < -0.39 is 11.4 Å². The number of hydrogen-bond acceptors (Lipinski definition) is 3. The second-order valence-corrected chi connectivity index (χ2v) is 5.06. The number of hydrogen-bond donors (Lipinski definition) is 2. The smallest absolute Gasteiger partial charge is 0.309 e. The zero-order valence-corrected chi connectivity index (χ0v) is 11.1. The molecule has 1 aromatic heterocycles. The molecule has 2 N–H and O–H groups in total. The third-order valence-electron chi connectivity index (χ3n) is 2.77. The van der Waals surface area contributed by atoms with Gasteiger partial charge in [-0.2, -0.15) is 5.10 Å². The molecule has 0 radical (unpaired) electrons. The molecule has 0 aliphatic rings. The van der Waals surface area contributed by atoms with Crippen LogP contribution in [0.25, 0.3) is 0 Å². The number of aliphatic carboxylic acids is 1. The van der Waals surface area contributed by atoms with Crippen LogP contribution in [0, 0.1) is 12.3 Å². The van der Waals surface area contributed by atoms with Gasteiger partial charge in [-0.05, 0) is 20.8 Å². The molecule has 1 aromatic rings. The zero-order valence-electron chi connectivity index (χ0n) is 11.1. The van der Waals surface area contributed by atoms with Crippen LogP contribution < -0.4 is 5.32 Å². The van der Waals surface area contributed by atoms with Crippen molar-refractivity contribution < 1.29 is 14.7 Å². The number of carboxylic acid groups (broad SMARTS) is 1. The molecule has 0 aliphatic heterocycles. The highest BCUT2D eigenvalue weighted by atomic mass is 16.4. The Morgan fingerprint density at radius 3 is 2.56 bits per heavy atom. The monoisotopic (exact) mass is 253 g/mol. The average Bonchev–Trinajstić information content (AvgIpc) is 2.53. The van der Waals surface area contributed by atoms with Crippen LogP contribution in [0.5, 0.6) is 0 Å². The molecule has 18 heavy (non-hydrogen) atoms. The summed E-state index contributed by atoms with van der Waals surface area (Å²) in [6.45, 7) is 5.30. The maximum absolute atomic E-state index is 11.7. The predicted molar refractivity (Wildman–Crippen MR) is 65.8 cm³/mol. The van der Waals surface area contributed by atoms with Gasteiger partial charge in [0.1, 0.15) is 0 Å². The molecule has 0 bridgehead atoms. The van der Waals surface area contributed by atoms with Crippen LogP contribution in [0.1, 0.15) is 31.5 Å². The number of nitrogens with one attached hydrogen (secondary N) is 1. The van der Waals surface area contributed by atoms with Gasteiger partial charge >= 0.3 is 5.97 Å². The van der Waals surface area contributed by atoms with Gasteiger partial charge in [0, 0.05) is 31.8 Å². The number of carboxylic acids is 1. The topological polar surface area (TPSA) is 84.2 Å². The summed E-state index contributed by atoms with van der Waals surface area (Å²) < 4.78 is 1.68. The second kappa shape index (κ2) is 5.20. The van der Waals surface area contributed by atoms with E-state index in [0.29, 0.717) is 6.54 Å². The van der Waals surface area contributed by atoms with E-state index in [2.05, 4.69) is 10.4 Å². The molecule has 0 fully saturated rings. The predicted octanol–water partition coefficient (Wildman–Crippen LogP) is 0.846. The van der Waals surface area contributed by atoms with Crippen molar-refractivity contribution in [2.75, 3.05) is 0 Å². The van der Waals surface area contributed by atoms with E-state index in [1.165, 1.54) is 13.8 Å². The molecule has 0 atom stereocenters. The molecular weight excluding hydrogens is 234 g/mol. The minimum Gasteiger partial charge on any atom is -0.481 e. The van der Waals surface area contributed by atoms with Crippen molar-refractivity contribution in [3.05, 3.63) is 17.5 Å². The molecule has 0 aromatic carbocycles. The van der Waals surface area contributed by atoms with Crippen LogP contribution in [0.2, 0.25) is 0 Å². The standard InChI is InChI=1S/C12H19N3O3/c1-8-9(7-15(4)14-8)6-13-10(16)5-12(2,3)11(17)18/h7H,5-6H2,1-4H3,(H,13,16)(H,17,18). The van der Waals surface area contributed by atoms with E-state index in [4.69, 9.17) is 5.11 Å². The van der Waals surface area contributed by atoms with Crippen molar-refractivity contribution in [2.24, 2.45) is 12.5 Å². The Kier molecular flexibility index (Phi) is 4.11. The zero-order chi connectivity index (χ0) is 13.9. The fraction of sp³-hybridized carbons (Fsp3) is 0.583. The Morgan fingerprint density at radius 1 is 1.50 bits per heavy atom. The number of nitrogens with zero attached hydrogens (tertiary/aromatic N) is 2. The minimum atomic E-state index is -1.05. The molecule has 1 heterocycles. The lowest BCUT2D eigenvalue weighted by atomic mass is 9.89. The van der Waals surface area contributed by atoms with Gasteiger partial charge in [0.15, 0.2) is 0 Å². The summed E-state index contributed by atoms with van der Waals surface area (Å²) in [5.41, 5.74) is 0.739. The number of aryl methyl sites for hydroxylation is 2. The third kappa shape index (κ3) is 3.58. The Balaban J connectivity index is 2.52. The largest absolute Gasteiger partial charge is 0.481 e. The van der Waals surface area contributed by atoms with Crippen molar-refractivity contribution in [1.29, 1.82) is 0 Å². The summed E-state index contributed by atoms with van der Waals surface area (Å²) in [5, 5.41) is 15.8. The van der Waals surface area contributed by atoms with Gasteiger partial charge in [-0.15, -0.1) is 0 Å². The first-order chi connectivity index (χ1) is 8.22. The lowest BCUT2D eigenvalue weighted by Crippen LogP contribution is -2.33. The van der Waals surface area contributed by atoms with Gasteiger partial charge in [-0.1, -0.05) is 0 Å². The first kappa shape index (κ1) is 14.2. The number of carbonyl (C=O) groups excluding carboxylic acids is 1. The molecule has 0 saturated heterocycles. The van der Waals surface area contributed by atoms with Gasteiger partial charge in [0.2, 0.25) is 5.91 Å². The number of rotatable bonds is 5. The molecular formula is C12H19N3O3. The molecule has 1 rings (SSSR count). The molecule has 1 amide bonds. The van der Waals surface area contributed by atoms with Crippen LogP contribution in [-0.4, -0.2) is 26.8 Å². The van der Waals surface area contributed by atoms with Crippen molar-refractivity contribution in [3.8, 4) is 0 Å². The molecule has 100 valence electrons. The highest BCUT2D eigenvalue weighted by Crippen LogP contribution is 2.20. The molecule has 0 spiro atoms. The molecule has 0 saturated carbocycles. The normalized spacial score (nSPS) is 11.3. The first-order valence-corrected chi connectivity index (χ1v) is 5.71. The molecule has 0 unspecified atom stereocenters. The number of amides is 1. The third-order valence-corrected chi connectivity index (χ3v) is 2.77. The van der Waals surface area contributed by atoms with Gasteiger partial charge in [-0.25, -0.2) is 0 Å². The minimum absolute atomic E-state index is 0.0400. The van der Waals surface area contributed by atoms with Crippen LogP contribution in [-0.2, 0) is 23.2 Å². The summed E-state index contributed by atoms with van der Waals surface area (Å²) in [5.74, 6) is -1.25. The van der Waals surface area contributed by atoms with E-state index in [-0.39, 0.29) is 12.3 Å². The molecule has 6 heteroatoms. The summed E-state index contributed by atoms with van der Waals surface area (Å²) >= 11 is 0. The molecule has 6 nitrogen and oxygen atoms in total. The Hall–Kier alpha value is -1.85. The van der Waals surface area contributed by atoms with Crippen LogP contribution >= 0.6 is 0 Å². The number of aromatic nitrogens is 2. The lowest BCUT2D eigenvalue weighted by molar-refractivity contribution is -0.149. The van der Waals surface area contributed by atoms with Crippen LogP contribution in [0.3, 0.4) is 0 Å². The van der Waals surface area contributed by atoms with Crippen LogP contribution in [0.4, 0.5) is 0 Å². The van der Waals surface area contributed by atoms with Gasteiger partial charge in [-0.3, -0.25) is 14.3 Å². The van der Waals surface area contributed by atoms with Crippen molar-refractivity contribution in [2.45, 2.75) is 33.7 Å². The van der Waals surface area contributed by atoms with E-state index in [9.17, 15) is 9.59 Å². The maximum atomic E-state index is 11.7. The van der Waals surface area contributed by atoms with Crippen molar-refractivity contribution in [3.63, 3.8) is 0 Å². The lowest BCUT2D eigenvalue weighted by Gasteiger charge is -2.18. The maximum Gasteiger partial charge on any atom is 0.309 e. The van der Waals surface area contributed by atoms with Crippen molar-refractivity contribution in [1.82, 2.24) is 15.1 Å². The van der Waals surface area contributed by atoms with E-state index >= 15 is 0 Å². The highest BCUT2D eigenvalue weighted by Gasteiger charge is 2.29. The van der Waals surface area contributed by atoms with E-state index in [1.54, 1.807) is 4.68 Å². The van der Waals surface area contributed by atoms with E-state index in [1.807, 2.05) is 20.2 Å². The molecule has 0 aliphatic carbocycles. The quantitative estimate of drug-likeness (QED) is 0.814. The Bertz CT molecular complexity index is 463. The summed E-state index contributed by atoms with van der Waals surface area (Å²) in [7, 11) is 1.81. The fourth-order valence-corrected chi connectivity index (χ4v) is 1.56. The van der Waals surface area contributed by atoms with Gasteiger partial charge in [0.05, 0.1) is 11.1 Å². The Morgan fingerprint density at radius 2 is 2.11 bits per heavy atom. The van der Waals surface area contributed by atoms with Gasteiger partial charge in [0.25, 0.3) is 0 Å². The van der Waals surface area contributed by atoms with Crippen LogP contribution in [0.15, 0.2) is 6.20 Å². The van der Waals surface area contributed by atoms with E-state index in [0.717, 1.165) is 11.3 Å². The van der Waals surface area contributed by atoms with Gasteiger partial charge < -0.3 is 10.4 Å². The average molecular weight is 253 g/mol. The number of carbonyl (C=O) groups is 2. The SMILES string of the molecule is Cc1nn(C)cc1CNC(=O)CC(C)(C)C(=O)O. The Labute approximate surface area is 106 Å².